The van der Waals surface area contributed by atoms with E-state index in [0.29, 0.717) is 16.5 Å². The number of aromatic amines is 1. The number of carboxylic acids is 1. The number of nitrogens with one attached hydrogen (secondary N) is 2. The molecule has 0 spiro atoms. The number of H-pyrrole nitrogens is 1. The third kappa shape index (κ3) is 2.44. The van der Waals surface area contributed by atoms with Gasteiger partial charge in [0.2, 0.25) is 5.91 Å². The van der Waals surface area contributed by atoms with Gasteiger partial charge in [-0.3, -0.25) is 14.9 Å². The first-order valence-corrected chi connectivity index (χ1v) is 5.67. The zero-order chi connectivity index (χ0) is 14.9. The summed E-state index contributed by atoms with van der Waals surface area (Å²) in [5.74, 6) is -1.51. The van der Waals surface area contributed by atoms with E-state index in [1.54, 1.807) is 0 Å². The molecule has 0 fully saturated rings. The highest BCUT2D eigenvalue weighted by Crippen LogP contribution is 2.26. The number of carbonyl (C=O) groups is 2. The lowest BCUT2D eigenvalue weighted by atomic mass is 10.1. The van der Waals surface area contributed by atoms with E-state index in [1.165, 1.54) is 25.1 Å². The molecule has 1 aromatic heterocycles. The molecule has 0 saturated carbocycles. The summed E-state index contributed by atoms with van der Waals surface area (Å²) >= 11 is 0. The van der Waals surface area contributed by atoms with E-state index in [9.17, 15) is 19.7 Å². The van der Waals surface area contributed by atoms with Gasteiger partial charge in [0.1, 0.15) is 5.69 Å². The number of carboxylic acid groups (broad SMARTS) is 1. The van der Waals surface area contributed by atoms with E-state index in [-0.39, 0.29) is 23.8 Å². The maximum Gasteiger partial charge on any atom is 0.352 e. The summed E-state index contributed by atoms with van der Waals surface area (Å²) in [6, 6.07) is 4.01. The molecule has 0 unspecified atom stereocenters. The van der Waals surface area contributed by atoms with Crippen molar-refractivity contribution >= 4 is 28.5 Å². The first kappa shape index (κ1) is 13.5. The quantitative estimate of drug-likeness (QED) is 0.575. The molecule has 104 valence electrons. The minimum Gasteiger partial charge on any atom is -0.477 e. The van der Waals surface area contributed by atoms with Crippen LogP contribution >= 0.6 is 0 Å². The van der Waals surface area contributed by atoms with Crippen LogP contribution < -0.4 is 5.32 Å². The number of nitro benzene ring substituents is 1. The molecule has 20 heavy (non-hydrogen) atoms. The predicted octanol–water partition coefficient (Wildman–Crippen LogP) is 1.41. The molecular formula is C12H11N3O5. The molecule has 0 aliphatic carbocycles. The van der Waals surface area contributed by atoms with Crippen LogP contribution in [0.3, 0.4) is 0 Å². The van der Waals surface area contributed by atoms with Gasteiger partial charge in [0.05, 0.1) is 4.92 Å². The number of aromatic carboxylic acids is 1. The third-order valence-corrected chi connectivity index (χ3v) is 2.83. The van der Waals surface area contributed by atoms with Crippen LogP contribution in [-0.4, -0.2) is 26.9 Å². The molecule has 3 N–H and O–H groups in total. The number of nitro groups is 1. The largest absolute Gasteiger partial charge is 0.477 e. The number of aromatic nitrogens is 1. The van der Waals surface area contributed by atoms with Gasteiger partial charge >= 0.3 is 5.97 Å². The van der Waals surface area contributed by atoms with Gasteiger partial charge in [0.15, 0.2) is 0 Å². The molecule has 1 aromatic carbocycles. The second kappa shape index (κ2) is 5.00. The summed E-state index contributed by atoms with van der Waals surface area (Å²) < 4.78 is 0. The second-order valence-corrected chi connectivity index (χ2v) is 4.18. The molecular weight excluding hydrogens is 266 g/mol. The molecule has 0 aliphatic rings. The summed E-state index contributed by atoms with van der Waals surface area (Å²) in [7, 11) is 0. The van der Waals surface area contributed by atoms with Gasteiger partial charge in [0, 0.05) is 42.1 Å². The first-order chi connectivity index (χ1) is 9.40. The van der Waals surface area contributed by atoms with Crippen molar-refractivity contribution in [2.24, 2.45) is 0 Å². The molecule has 0 atom stereocenters. The first-order valence-electron chi connectivity index (χ1n) is 5.67. The van der Waals surface area contributed by atoms with Crippen LogP contribution in [0.1, 0.15) is 23.0 Å². The fourth-order valence-electron chi connectivity index (χ4n) is 1.93. The fraction of sp³-hybridized carbons (Fsp3) is 0.167. The SMILES string of the molecule is CC(=O)NCc1c(C(=O)O)[nH]c2ccc([N+](=O)[O-])cc12. The smallest absolute Gasteiger partial charge is 0.352 e. The van der Waals surface area contributed by atoms with Crippen LogP contribution in [0.5, 0.6) is 0 Å². The molecule has 2 aromatic rings. The Morgan fingerprint density at radius 1 is 1.45 bits per heavy atom. The Balaban J connectivity index is 2.60. The Morgan fingerprint density at radius 3 is 2.70 bits per heavy atom. The van der Waals surface area contributed by atoms with Gasteiger partial charge in [-0.25, -0.2) is 4.79 Å². The molecule has 0 aliphatic heterocycles. The number of fused-ring (bicyclic) bond motifs is 1. The minimum absolute atomic E-state index is 0.0157. The Hall–Kier alpha value is -2.90. The number of benzene rings is 1. The average molecular weight is 277 g/mol. The van der Waals surface area contributed by atoms with Crippen LogP contribution in [0.25, 0.3) is 10.9 Å². The van der Waals surface area contributed by atoms with Gasteiger partial charge in [-0.2, -0.15) is 0 Å². The highest BCUT2D eigenvalue weighted by molar-refractivity contribution is 5.98. The van der Waals surface area contributed by atoms with Crippen molar-refractivity contribution in [1.29, 1.82) is 0 Å². The highest BCUT2D eigenvalue weighted by atomic mass is 16.6. The van der Waals surface area contributed by atoms with E-state index < -0.39 is 10.9 Å². The van der Waals surface area contributed by atoms with E-state index in [2.05, 4.69) is 10.3 Å². The van der Waals surface area contributed by atoms with Crippen molar-refractivity contribution in [2.45, 2.75) is 13.5 Å². The summed E-state index contributed by atoms with van der Waals surface area (Å²) in [4.78, 5) is 35.0. The summed E-state index contributed by atoms with van der Waals surface area (Å²) in [6.07, 6.45) is 0. The molecule has 2 rings (SSSR count). The molecule has 0 bridgehead atoms. The van der Waals surface area contributed by atoms with Crippen molar-refractivity contribution in [2.75, 3.05) is 0 Å². The summed E-state index contributed by atoms with van der Waals surface area (Å²) in [6.45, 7) is 1.29. The Morgan fingerprint density at radius 2 is 2.15 bits per heavy atom. The number of nitrogens with zero attached hydrogens (tertiary/aromatic N) is 1. The minimum atomic E-state index is -1.19. The standard InChI is InChI=1S/C12H11N3O5/c1-6(16)13-5-9-8-4-7(15(19)20)2-3-10(8)14-11(9)12(17)18/h2-4,14H,5H2,1H3,(H,13,16)(H,17,18). The fourth-order valence-corrected chi connectivity index (χ4v) is 1.93. The molecule has 8 nitrogen and oxygen atoms in total. The molecule has 0 saturated heterocycles. The van der Waals surface area contributed by atoms with Crippen molar-refractivity contribution in [3.05, 3.63) is 39.6 Å². The number of carbonyl (C=O) groups excluding carboxylic acids is 1. The maximum atomic E-state index is 11.2. The Bertz CT molecular complexity index is 719. The molecule has 0 radical (unpaired) electrons. The van der Waals surface area contributed by atoms with Crippen molar-refractivity contribution in [1.82, 2.24) is 10.3 Å². The zero-order valence-corrected chi connectivity index (χ0v) is 10.5. The third-order valence-electron chi connectivity index (χ3n) is 2.83. The number of hydrogen-bond donors (Lipinski definition) is 3. The van der Waals surface area contributed by atoms with Gasteiger partial charge in [0.25, 0.3) is 5.69 Å². The number of non-ortho nitro benzene ring substituents is 1. The van der Waals surface area contributed by atoms with Crippen molar-refractivity contribution in [3.8, 4) is 0 Å². The topological polar surface area (TPSA) is 125 Å². The molecule has 1 amide bonds. The van der Waals surface area contributed by atoms with Crippen molar-refractivity contribution in [3.63, 3.8) is 0 Å². The van der Waals surface area contributed by atoms with E-state index >= 15 is 0 Å². The zero-order valence-electron chi connectivity index (χ0n) is 10.5. The van der Waals surface area contributed by atoms with Crippen LogP contribution in [0, 0.1) is 10.1 Å². The normalized spacial score (nSPS) is 10.4. The molecule has 8 heteroatoms. The van der Waals surface area contributed by atoms with E-state index in [1.807, 2.05) is 0 Å². The maximum absolute atomic E-state index is 11.2. The van der Waals surface area contributed by atoms with Crippen LogP contribution in [0.2, 0.25) is 0 Å². The van der Waals surface area contributed by atoms with Gasteiger partial charge < -0.3 is 15.4 Å². The second-order valence-electron chi connectivity index (χ2n) is 4.18. The number of hydrogen-bond acceptors (Lipinski definition) is 4. The lowest BCUT2D eigenvalue weighted by Gasteiger charge is -2.02. The van der Waals surface area contributed by atoms with E-state index in [4.69, 9.17) is 5.11 Å². The van der Waals surface area contributed by atoms with Crippen molar-refractivity contribution < 1.29 is 19.6 Å². The summed E-state index contributed by atoms with van der Waals surface area (Å²) in [5.41, 5.74) is 0.548. The molecule has 1 heterocycles. The average Bonchev–Trinajstić information content (AvgIpc) is 2.73. The Kier molecular flexibility index (Phi) is 3.38. The predicted molar refractivity (Wildman–Crippen MR) is 69.4 cm³/mol. The summed E-state index contributed by atoms with van der Waals surface area (Å²) in [5, 5.41) is 22.8. The number of rotatable bonds is 4. The highest BCUT2D eigenvalue weighted by Gasteiger charge is 2.19. The van der Waals surface area contributed by atoms with Crippen LogP contribution in [-0.2, 0) is 11.3 Å². The van der Waals surface area contributed by atoms with Gasteiger partial charge in [-0.05, 0) is 6.07 Å². The number of amides is 1. The lowest BCUT2D eigenvalue weighted by Crippen LogP contribution is -2.20. The monoisotopic (exact) mass is 277 g/mol. The van der Waals surface area contributed by atoms with E-state index in [0.717, 1.165) is 0 Å². The van der Waals surface area contributed by atoms with Crippen LogP contribution in [0.15, 0.2) is 18.2 Å². The Labute approximate surface area is 112 Å². The van der Waals surface area contributed by atoms with Gasteiger partial charge in [-0.1, -0.05) is 0 Å². The lowest BCUT2D eigenvalue weighted by molar-refractivity contribution is -0.384. The van der Waals surface area contributed by atoms with Crippen LogP contribution in [0.4, 0.5) is 5.69 Å². The van der Waals surface area contributed by atoms with Gasteiger partial charge in [-0.15, -0.1) is 0 Å².